The lowest BCUT2D eigenvalue weighted by molar-refractivity contribution is -0.118. The first-order valence-electron chi connectivity index (χ1n) is 8.07. The Morgan fingerprint density at radius 1 is 1.12 bits per heavy atom. The molecule has 2 heterocycles. The molecule has 4 rings (SSSR count). The van der Waals surface area contributed by atoms with Gasteiger partial charge in [-0.25, -0.2) is 0 Å². The van der Waals surface area contributed by atoms with Crippen molar-refractivity contribution < 1.29 is 4.79 Å². The van der Waals surface area contributed by atoms with Gasteiger partial charge < -0.3 is 10.6 Å². The molecule has 1 atom stereocenters. The summed E-state index contributed by atoms with van der Waals surface area (Å²) in [6.45, 7) is 4.33. The molecule has 1 aliphatic carbocycles. The third-order valence-electron chi connectivity index (χ3n) is 4.60. The van der Waals surface area contributed by atoms with Crippen molar-refractivity contribution in [2.24, 2.45) is 5.41 Å². The number of hydrogen-bond donors (Lipinski definition) is 2. The summed E-state index contributed by atoms with van der Waals surface area (Å²) in [6.07, 6.45) is 1.47. The SMILES string of the molecule is CC1(C)CC(=O)C2=C(C1)Nc1ccccc1N[C@@H]2c1ccc(Br)s1. The van der Waals surface area contributed by atoms with Gasteiger partial charge in [-0.3, -0.25) is 4.79 Å². The van der Waals surface area contributed by atoms with E-state index < -0.39 is 0 Å². The second kappa shape index (κ2) is 5.74. The van der Waals surface area contributed by atoms with Crippen molar-refractivity contribution in [3.05, 3.63) is 56.3 Å². The van der Waals surface area contributed by atoms with Crippen LogP contribution >= 0.6 is 27.3 Å². The number of Topliss-reactive ketones (excluding diaryl/α,β-unsaturated/α-hetero) is 1. The maximum atomic E-state index is 13.0. The van der Waals surface area contributed by atoms with Crippen LogP contribution in [-0.2, 0) is 4.79 Å². The average Bonchev–Trinajstić information content (AvgIpc) is 2.85. The molecule has 0 radical (unpaired) electrons. The molecule has 0 amide bonds. The third-order valence-corrected chi connectivity index (χ3v) is 6.29. The number of nitrogens with one attached hydrogen (secondary N) is 2. The highest BCUT2D eigenvalue weighted by Gasteiger charge is 2.38. The molecule has 2 aliphatic rings. The monoisotopic (exact) mass is 402 g/mol. The summed E-state index contributed by atoms with van der Waals surface area (Å²) in [5.41, 5.74) is 4.01. The molecule has 0 saturated carbocycles. The Kier molecular flexibility index (Phi) is 3.81. The van der Waals surface area contributed by atoms with Gasteiger partial charge in [-0.15, -0.1) is 11.3 Å². The lowest BCUT2D eigenvalue weighted by atomic mass is 9.74. The fourth-order valence-electron chi connectivity index (χ4n) is 3.59. The molecule has 124 valence electrons. The Labute approximate surface area is 154 Å². The number of hydrogen-bond acceptors (Lipinski definition) is 4. The molecule has 1 aromatic heterocycles. The van der Waals surface area contributed by atoms with Crippen LogP contribution < -0.4 is 10.6 Å². The molecule has 3 nitrogen and oxygen atoms in total. The van der Waals surface area contributed by atoms with E-state index in [0.29, 0.717) is 6.42 Å². The minimum absolute atomic E-state index is 0.0111. The number of allylic oxidation sites excluding steroid dienone is 1. The Morgan fingerprint density at radius 3 is 2.58 bits per heavy atom. The van der Waals surface area contributed by atoms with Gasteiger partial charge in [-0.05, 0) is 52.0 Å². The number of benzene rings is 1. The summed E-state index contributed by atoms with van der Waals surface area (Å²) in [4.78, 5) is 14.1. The van der Waals surface area contributed by atoms with E-state index in [9.17, 15) is 4.79 Å². The fourth-order valence-corrected chi connectivity index (χ4v) is 5.07. The largest absolute Gasteiger partial charge is 0.372 e. The van der Waals surface area contributed by atoms with Gasteiger partial charge in [0.15, 0.2) is 5.78 Å². The van der Waals surface area contributed by atoms with Crippen LogP contribution in [0.25, 0.3) is 0 Å². The standard InChI is InChI=1S/C19H19BrN2OS/c1-19(2)9-13-17(14(23)10-19)18(15-7-8-16(20)24-15)22-12-6-4-3-5-11(12)21-13/h3-8,18,21-22H,9-10H2,1-2H3/t18-/m1/s1. The summed E-state index contributed by atoms with van der Waals surface area (Å²) in [5.74, 6) is 0.239. The first-order chi connectivity index (χ1) is 11.4. The molecule has 1 aromatic carbocycles. The summed E-state index contributed by atoms with van der Waals surface area (Å²) < 4.78 is 1.08. The number of anilines is 2. The summed E-state index contributed by atoms with van der Waals surface area (Å²) in [6, 6.07) is 12.2. The number of carbonyl (C=O) groups is 1. The van der Waals surface area contributed by atoms with Crippen molar-refractivity contribution >= 4 is 44.4 Å². The van der Waals surface area contributed by atoms with E-state index in [2.05, 4.69) is 58.6 Å². The Hall–Kier alpha value is -1.59. The number of halogens is 1. The molecular formula is C19H19BrN2OS. The second-order valence-electron chi connectivity index (χ2n) is 7.22. The molecule has 0 fully saturated rings. The topological polar surface area (TPSA) is 41.1 Å². The summed E-state index contributed by atoms with van der Waals surface area (Å²) in [7, 11) is 0. The van der Waals surface area contributed by atoms with E-state index in [1.54, 1.807) is 11.3 Å². The van der Waals surface area contributed by atoms with Crippen LogP contribution in [0.4, 0.5) is 11.4 Å². The van der Waals surface area contributed by atoms with E-state index in [4.69, 9.17) is 0 Å². The molecule has 5 heteroatoms. The third kappa shape index (κ3) is 2.80. The van der Waals surface area contributed by atoms with Crippen LogP contribution in [0, 0.1) is 5.41 Å². The fraction of sp³-hybridized carbons (Fsp3) is 0.316. The van der Waals surface area contributed by atoms with Gasteiger partial charge in [0.2, 0.25) is 0 Å². The number of thiophene rings is 1. The number of fused-ring (bicyclic) bond motifs is 1. The van der Waals surface area contributed by atoms with Crippen molar-refractivity contribution in [1.29, 1.82) is 0 Å². The molecule has 1 aliphatic heterocycles. The van der Waals surface area contributed by atoms with E-state index >= 15 is 0 Å². The van der Waals surface area contributed by atoms with E-state index in [0.717, 1.165) is 37.7 Å². The normalized spacial score (nSPS) is 22.1. The zero-order valence-corrected chi connectivity index (χ0v) is 16.1. The molecule has 0 saturated heterocycles. The highest BCUT2D eigenvalue weighted by molar-refractivity contribution is 9.11. The number of para-hydroxylation sites is 2. The van der Waals surface area contributed by atoms with Crippen molar-refractivity contribution in [3.8, 4) is 0 Å². The predicted octanol–water partition coefficient (Wildman–Crippen LogP) is 5.73. The van der Waals surface area contributed by atoms with Gasteiger partial charge in [0.25, 0.3) is 0 Å². The minimum atomic E-state index is -0.101. The van der Waals surface area contributed by atoms with Gasteiger partial charge in [0, 0.05) is 22.6 Å². The maximum Gasteiger partial charge on any atom is 0.163 e. The van der Waals surface area contributed by atoms with Crippen LogP contribution in [0.3, 0.4) is 0 Å². The van der Waals surface area contributed by atoms with Crippen LogP contribution in [0.15, 0.2) is 51.5 Å². The average molecular weight is 403 g/mol. The van der Waals surface area contributed by atoms with Gasteiger partial charge in [0.1, 0.15) is 0 Å². The lowest BCUT2D eigenvalue weighted by Gasteiger charge is -2.33. The molecule has 0 bridgehead atoms. The Morgan fingerprint density at radius 2 is 1.88 bits per heavy atom. The summed E-state index contributed by atoms with van der Waals surface area (Å²) in [5, 5.41) is 7.14. The van der Waals surface area contributed by atoms with Crippen molar-refractivity contribution in [2.45, 2.75) is 32.7 Å². The minimum Gasteiger partial charge on any atom is -0.372 e. The zero-order valence-electron chi connectivity index (χ0n) is 13.7. The first-order valence-corrected chi connectivity index (χ1v) is 9.68. The van der Waals surface area contributed by atoms with Crippen LogP contribution in [0.1, 0.15) is 37.6 Å². The zero-order chi connectivity index (χ0) is 16.9. The first kappa shape index (κ1) is 15.9. The molecule has 0 unspecified atom stereocenters. The lowest BCUT2D eigenvalue weighted by Crippen LogP contribution is -2.31. The van der Waals surface area contributed by atoms with E-state index in [1.807, 2.05) is 18.2 Å². The smallest absolute Gasteiger partial charge is 0.163 e. The van der Waals surface area contributed by atoms with Crippen LogP contribution in [0.2, 0.25) is 0 Å². The summed E-state index contributed by atoms with van der Waals surface area (Å²) >= 11 is 5.22. The van der Waals surface area contributed by atoms with Crippen molar-refractivity contribution in [3.63, 3.8) is 0 Å². The number of carbonyl (C=O) groups excluding carboxylic acids is 1. The quantitative estimate of drug-likeness (QED) is 0.639. The highest BCUT2D eigenvalue weighted by Crippen LogP contribution is 2.46. The Bertz CT molecular complexity index is 853. The van der Waals surface area contributed by atoms with Crippen LogP contribution in [0.5, 0.6) is 0 Å². The molecule has 24 heavy (non-hydrogen) atoms. The van der Waals surface area contributed by atoms with Gasteiger partial charge >= 0.3 is 0 Å². The van der Waals surface area contributed by atoms with Crippen molar-refractivity contribution in [1.82, 2.24) is 0 Å². The Balaban J connectivity index is 1.88. The maximum absolute atomic E-state index is 13.0. The second-order valence-corrected chi connectivity index (χ2v) is 9.72. The molecule has 2 N–H and O–H groups in total. The molecule has 0 spiro atoms. The number of ketones is 1. The highest BCUT2D eigenvalue weighted by atomic mass is 79.9. The number of rotatable bonds is 1. The molecule has 2 aromatic rings. The van der Waals surface area contributed by atoms with E-state index in [-0.39, 0.29) is 17.2 Å². The van der Waals surface area contributed by atoms with Gasteiger partial charge in [-0.2, -0.15) is 0 Å². The van der Waals surface area contributed by atoms with Gasteiger partial charge in [0.05, 0.1) is 21.2 Å². The van der Waals surface area contributed by atoms with E-state index in [1.165, 1.54) is 0 Å². The van der Waals surface area contributed by atoms with Gasteiger partial charge in [-0.1, -0.05) is 26.0 Å². The van der Waals surface area contributed by atoms with Crippen LogP contribution in [-0.4, -0.2) is 5.78 Å². The van der Waals surface area contributed by atoms with Crippen molar-refractivity contribution in [2.75, 3.05) is 10.6 Å². The predicted molar refractivity (Wildman–Crippen MR) is 103 cm³/mol. The molecular weight excluding hydrogens is 384 g/mol.